The fourth-order valence-electron chi connectivity index (χ4n) is 0.844. The van der Waals surface area contributed by atoms with Gasteiger partial charge in [0.15, 0.2) is 0 Å². The Morgan fingerprint density at radius 1 is 1.56 bits per heavy atom. The molecular weight excluding hydrogens is 134 g/mol. The van der Waals surface area contributed by atoms with E-state index in [0.717, 1.165) is 10.7 Å². The maximum Gasteiger partial charge on any atom is 0.131 e. The van der Waals surface area contributed by atoms with Gasteiger partial charge in [0, 0.05) is 17.5 Å². The minimum Gasteiger partial charge on any atom is -0.388 e. The van der Waals surface area contributed by atoms with Gasteiger partial charge in [-0.05, 0) is 12.8 Å². The SMILES string of the molecule is Nc1snnc1C1CC1. The lowest BCUT2D eigenvalue weighted by molar-refractivity contribution is 0.983. The molecule has 0 amide bonds. The summed E-state index contributed by atoms with van der Waals surface area (Å²) in [6.07, 6.45) is 2.49. The molecule has 0 bridgehead atoms. The van der Waals surface area contributed by atoms with Gasteiger partial charge in [-0.3, -0.25) is 0 Å². The van der Waals surface area contributed by atoms with Crippen molar-refractivity contribution in [1.82, 2.24) is 9.59 Å². The molecule has 0 saturated heterocycles. The largest absolute Gasteiger partial charge is 0.388 e. The lowest BCUT2D eigenvalue weighted by Crippen LogP contribution is -1.86. The second kappa shape index (κ2) is 1.67. The minimum atomic E-state index is 0.642. The Labute approximate surface area is 57.0 Å². The Hall–Kier alpha value is -0.640. The number of nitrogens with zero attached hydrogens (tertiary/aromatic N) is 2. The predicted octanol–water partition coefficient (Wildman–Crippen LogP) is 0.998. The van der Waals surface area contributed by atoms with E-state index in [9.17, 15) is 0 Å². The van der Waals surface area contributed by atoms with E-state index in [2.05, 4.69) is 9.59 Å². The van der Waals surface area contributed by atoms with E-state index in [1.807, 2.05) is 0 Å². The molecule has 1 fully saturated rings. The van der Waals surface area contributed by atoms with Crippen molar-refractivity contribution in [3.05, 3.63) is 5.69 Å². The van der Waals surface area contributed by atoms with E-state index >= 15 is 0 Å². The van der Waals surface area contributed by atoms with Crippen LogP contribution in [0.2, 0.25) is 0 Å². The minimum absolute atomic E-state index is 0.642. The van der Waals surface area contributed by atoms with Gasteiger partial charge in [-0.15, -0.1) is 5.10 Å². The molecule has 0 unspecified atom stereocenters. The molecule has 1 aliphatic rings. The fourth-order valence-corrected chi connectivity index (χ4v) is 1.36. The highest BCUT2D eigenvalue weighted by Crippen LogP contribution is 2.42. The third kappa shape index (κ3) is 0.790. The Morgan fingerprint density at radius 2 is 2.33 bits per heavy atom. The van der Waals surface area contributed by atoms with Gasteiger partial charge in [-0.2, -0.15) is 0 Å². The zero-order valence-electron chi connectivity index (χ0n) is 4.87. The highest BCUT2D eigenvalue weighted by molar-refractivity contribution is 7.09. The van der Waals surface area contributed by atoms with Crippen LogP contribution in [0.15, 0.2) is 0 Å². The maximum atomic E-state index is 5.58. The molecule has 2 rings (SSSR count). The highest BCUT2D eigenvalue weighted by Gasteiger charge is 2.28. The van der Waals surface area contributed by atoms with Gasteiger partial charge in [0.05, 0.1) is 0 Å². The number of rotatable bonds is 1. The van der Waals surface area contributed by atoms with Crippen molar-refractivity contribution >= 4 is 16.5 Å². The van der Waals surface area contributed by atoms with Gasteiger partial charge in [0.25, 0.3) is 0 Å². The first kappa shape index (κ1) is 5.17. The summed E-state index contributed by atoms with van der Waals surface area (Å²) in [5.74, 6) is 0.642. The molecule has 2 N–H and O–H groups in total. The summed E-state index contributed by atoms with van der Waals surface area (Å²) in [4.78, 5) is 0. The molecule has 1 aromatic heterocycles. The average molecular weight is 141 g/mol. The maximum absolute atomic E-state index is 5.58. The first-order chi connectivity index (χ1) is 4.38. The number of nitrogen functional groups attached to an aromatic ring is 1. The van der Waals surface area contributed by atoms with Crippen LogP contribution < -0.4 is 5.73 Å². The van der Waals surface area contributed by atoms with E-state index < -0.39 is 0 Å². The van der Waals surface area contributed by atoms with Crippen LogP contribution in [-0.2, 0) is 0 Å². The molecule has 1 aliphatic carbocycles. The van der Waals surface area contributed by atoms with Crippen LogP contribution in [-0.4, -0.2) is 9.59 Å². The summed E-state index contributed by atoms with van der Waals surface area (Å²) in [5, 5.41) is 4.72. The molecule has 0 atom stereocenters. The van der Waals surface area contributed by atoms with Crippen molar-refractivity contribution in [1.29, 1.82) is 0 Å². The number of nitrogens with two attached hydrogens (primary N) is 1. The Bertz CT molecular complexity index is 216. The van der Waals surface area contributed by atoms with Gasteiger partial charge < -0.3 is 5.73 Å². The van der Waals surface area contributed by atoms with Crippen molar-refractivity contribution in [2.75, 3.05) is 5.73 Å². The first-order valence-electron chi connectivity index (χ1n) is 2.95. The zero-order valence-corrected chi connectivity index (χ0v) is 5.69. The molecule has 0 spiro atoms. The Kier molecular flexibility index (Phi) is 0.958. The monoisotopic (exact) mass is 141 g/mol. The first-order valence-corrected chi connectivity index (χ1v) is 3.73. The third-order valence-corrected chi connectivity index (χ3v) is 2.07. The zero-order chi connectivity index (χ0) is 6.27. The lowest BCUT2D eigenvalue weighted by atomic mass is 10.3. The quantitative estimate of drug-likeness (QED) is 0.634. The summed E-state index contributed by atoms with van der Waals surface area (Å²) in [5.41, 5.74) is 6.60. The summed E-state index contributed by atoms with van der Waals surface area (Å²) >= 11 is 1.29. The lowest BCUT2D eigenvalue weighted by Gasteiger charge is -1.86. The topological polar surface area (TPSA) is 51.8 Å². The molecular formula is C5H7N3S. The molecule has 3 nitrogen and oxygen atoms in total. The fraction of sp³-hybridized carbons (Fsp3) is 0.600. The molecule has 1 aromatic rings. The second-order valence-corrected chi connectivity index (χ2v) is 3.08. The van der Waals surface area contributed by atoms with Crippen LogP contribution in [0.1, 0.15) is 24.5 Å². The van der Waals surface area contributed by atoms with Crippen molar-refractivity contribution in [2.24, 2.45) is 0 Å². The Balaban J connectivity index is 2.35. The van der Waals surface area contributed by atoms with Gasteiger partial charge in [0.2, 0.25) is 0 Å². The average Bonchev–Trinajstić information content (AvgIpc) is 2.58. The van der Waals surface area contributed by atoms with E-state index in [4.69, 9.17) is 5.73 Å². The van der Waals surface area contributed by atoms with Crippen molar-refractivity contribution < 1.29 is 0 Å². The molecule has 1 heterocycles. The normalized spacial score (nSPS) is 18.2. The van der Waals surface area contributed by atoms with E-state index in [-0.39, 0.29) is 0 Å². The molecule has 0 radical (unpaired) electrons. The van der Waals surface area contributed by atoms with E-state index in [1.165, 1.54) is 24.4 Å². The van der Waals surface area contributed by atoms with Crippen LogP contribution in [0.4, 0.5) is 5.00 Å². The molecule has 0 aliphatic heterocycles. The van der Waals surface area contributed by atoms with Crippen molar-refractivity contribution in [2.45, 2.75) is 18.8 Å². The summed E-state index contributed by atoms with van der Waals surface area (Å²) in [6, 6.07) is 0. The van der Waals surface area contributed by atoms with Crippen LogP contribution in [0.25, 0.3) is 0 Å². The standard InChI is InChI=1S/C5H7N3S/c6-5-4(3-1-2-3)7-8-9-5/h3H,1-2,6H2. The second-order valence-electron chi connectivity index (χ2n) is 2.30. The molecule has 9 heavy (non-hydrogen) atoms. The highest BCUT2D eigenvalue weighted by atomic mass is 32.1. The summed E-state index contributed by atoms with van der Waals surface area (Å²) in [7, 11) is 0. The van der Waals surface area contributed by atoms with Crippen LogP contribution in [0, 0.1) is 0 Å². The molecule has 0 aromatic carbocycles. The van der Waals surface area contributed by atoms with Crippen molar-refractivity contribution in [3.63, 3.8) is 0 Å². The summed E-state index contributed by atoms with van der Waals surface area (Å²) < 4.78 is 3.75. The van der Waals surface area contributed by atoms with Crippen molar-refractivity contribution in [3.8, 4) is 0 Å². The van der Waals surface area contributed by atoms with Gasteiger partial charge in [-0.1, -0.05) is 4.49 Å². The molecule has 4 heteroatoms. The van der Waals surface area contributed by atoms with Crippen LogP contribution >= 0.6 is 11.5 Å². The molecule has 48 valence electrons. The Morgan fingerprint density at radius 3 is 2.78 bits per heavy atom. The number of aromatic nitrogens is 2. The number of hydrogen-bond acceptors (Lipinski definition) is 4. The molecule has 1 saturated carbocycles. The van der Waals surface area contributed by atoms with Crippen LogP contribution in [0.5, 0.6) is 0 Å². The van der Waals surface area contributed by atoms with E-state index in [1.54, 1.807) is 0 Å². The smallest absolute Gasteiger partial charge is 0.131 e. The van der Waals surface area contributed by atoms with Gasteiger partial charge in [-0.25, -0.2) is 0 Å². The summed E-state index contributed by atoms with van der Waals surface area (Å²) in [6.45, 7) is 0. The predicted molar refractivity (Wildman–Crippen MR) is 36.3 cm³/mol. The van der Waals surface area contributed by atoms with Crippen LogP contribution in [0.3, 0.4) is 0 Å². The van der Waals surface area contributed by atoms with Gasteiger partial charge >= 0.3 is 0 Å². The number of anilines is 1. The number of hydrogen-bond donors (Lipinski definition) is 1. The van der Waals surface area contributed by atoms with E-state index in [0.29, 0.717) is 5.92 Å². The third-order valence-electron chi connectivity index (χ3n) is 1.50. The van der Waals surface area contributed by atoms with Gasteiger partial charge in [0.1, 0.15) is 10.7 Å².